The van der Waals surface area contributed by atoms with Crippen LogP contribution in [0.15, 0.2) is 44.9 Å². The van der Waals surface area contributed by atoms with E-state index in [1.54, 1.807) is 6.07 Å². The van der Waals surface area contributed by atoms with E-state index >= 15 is 0 Å². The Labute approximate surface area is 207 Å². The molecule has 35 heavy (non-hydrogen) atoms. The number of sulfonamides is 1. The molecule has 190 valence electrons. The van der Waals surface area contributed by atoms with Gasteiger partial charge in [0, 0.05) is 32.9 Å². The summed E-state index contributed by atoms with van der Waals surface area (Å²) in [6.07, 6.45) is 5.78. The Kier molecular flexibility index (Phi) is 7.73. The Morgan fingerprint density at radius 2 is 1.91 bits per heavy atom. The van der Waals surface area contributed by atoms with Gasteiger partial charge in [0.15, 0.2) is 11.9 Å². The van der Waals surface area contributed by atoms with Crippen molar-refractivity contribution >= 4 is 27.5 Å². The summed E-state index contributed by atoms with van der Waals surface area (Å²) < 4.78 is 34.2. The minimum absolute atomic E-state index is 0.120. The Bertz CT molecular complexity index is 1170. The number of hydrogen-bond donors (Lipinski definition) is 1. The number of nitrogens with zero attached hydrogens (tertiary/aromatic N) is 4. The van der Waals surface area contributed by atoms with Crippen LogP contribution >= 0.6 is 0 Å². The third-order valence-corrected chi connectivity index (χ3v) is 8.69. The van der Waals surface area contributed by atoms with Crippen LogP contribution in [-0.2, 0) is 14.8 Å². The standard InChI is InChI=1S/C25H34N4O5S/c1-4-6-18-16-28(3)23-22(18)26-24(27-25(23)31)20-15-19(7-8-21(20)34-5-2)35(32,33)29-12-9-17(10-13-29)11-14-30/h7-8,15-17,23,30H,4-6,9-14H2,1-3H3. The van der Waals surface area contributed by atoms with E-state index in [-0.39, 0.29) is 23.2 Å². The summed E-state index contributed by atoms with van der Waals surface area (Å²) in [6.45, 7) is 5.24. The summed E-state index contributed by atoms with van der Waals surface area (Å²) in [5.41, 5.74) is 2.06. The van der Waals surface area contributed by atoms with E-state index in [0.717, 1.165) is 31.3 Å². The van der Waals surface area contributed by atoms with Gasteiger partial charge in [-0.2, -0.15) is 9.30 Å². The van der Waals surface area contributed by atoms with Crippen LogP contribution in [0.3, 0.4) is 0 Å². The highest BCUT2D eigenvalue weighted by atomic mass is 32.2. The fourth-order valence-electron chi connectivity index (χ4n) is 4.96. The highest BCUT2D eigenvalue weighted by molar-refractivity contribution is 7.89. The maximum Gasteiger partial charge on any atom is 0.276 e. The molecule has 1 atom stereocenters. The summed E-state index contributed by atoms with van der Waals surface area (Å²) in [5.74, 6) is 0.635. The highest BCUT2D eigenvalue weighted by Gasteiger charge is 2.38. The van der Waals surface area contributed by atoms with Crippen LogP contribution in [0.1, 0.15) is 51.5 Å². The normalized spacial score (nSPS) is 21.5. The van der Waals surface area contributed by atoms with Crippen molar-refractivity contribution in [2.75, 3.05) is 33.4 Å². The molecule has 1 amide bonds. The van der Waals surface area contributed by atoms with Gasteiger partial charge >= 0.3 is 0 Å². The molecule has 0 spiro atoms. The first kappa shape index (κ1) is 25.5. The number of aliphatic hydroxyl groups excluding tert-OH is 1. The Hall–Kier alpha value is -2.56. The molecule has 1 fully saturated rings. The van der Waals surface area contributed by atoms with E-state index < -0.39 is 16.1 Å². The lowest BCUT2D eigenvalue weighted by Crippen LogP contribution is -2.40. The number of aliphatic imine (C=N–C) groups is 2. The van der Waals surface area contributed by atoms with Crippen molar-refractivity contribution in [1.82, 2.24) is 9.21 Å². The van der Waals surface area contributed by atoms with Crippen LogP contribution in [-0.4, -0.2) is 79.6 Å². The molecule has 1 aromatic rings. The number of ether oxygens (including phenoxy) is 1. The zero-order valence-corrected chi connectivity index (χ0v) is 21.4. The van der Waals surface area contributed by atoms with Gasteiger partial charge < -0.3 is 14.7 Å². The molecule has 0 radical (unpaired) electrons. The zero-order valence-electron chi connectivity index (χ0n) is 20.6. The molecule has 0 aliphatic carbocycles. The lowest BCUT2D eigenvalue weighted by atomic mass is 9.95. The second-order valence-corrected chi connectivity index (χ2v) is 11.1. The van der Waals surface area contributed by atoms with Gasteiger partial charge in [-0.1, -0.05) is 13.3 Å². The third kappa shape index (κ3) is 5.05. The molecule has 3 heterocycles. The summed E-state index contributed by atoms with van der Waals surface area (Å²) in [6, 6.07) is 4.14. The van der Waals surface area contributed by atoms with Crippen molar-refractivity contribution in [1.29, 1.82) is 0 Å². The molecule has 0 bridgehead atoms. The van der Waals surface area contributed by atoms with E-state index in [2.05, 4.69) is 11.9 Å². The van der Waals surface area contributed by atoms with E-state index in [9.17, 15) is 18.3 Å². The summed E-state index contributed by atoms with van der Waals surface area (Å²) in [7, 11) is -1.91. The van der Waals surface area contributed by atoms with Crippen molar-refractivity contribution in [3.8, 4) is 5.75 Å². The molecule has 3 aliphatic rings. The number of amidine groups is 1. The molecule has 10 heteroatoms. The number of rotatable bonds is 9. The van der Waals surface area contributed by atoms with Gasteiger partial charge in [0.25, 0.3) is 5.91 Å². The minimum Gasteiger partial charge on any atom is -0.493 e. The average Bonchev–Trinajstić information content (AvgIpc) is 3.15. The maximum atomic E-state index is 13.5. The van der Waals surface area contributed by atoms with E-state index in [1.807, 2.05) is 25.1 Å². The molecule has 0 aromatic heterocycles. The Morgan fingerprint density at radius 3 is 2.57 bits per heavy atom. The monoisotopic (exact) mass is 502 g/mol. The predicted molar refractivity (Wildman–Crippen MR) is 134 cm³/mol. The number of hydrogen-bond acceptors (Lipinski definition) is 7. The van der Waals surface area contributed by atoms with Crippen molar-refractivity contribution in [2.24, 2.45) is 15.9 Å². The van der Waals surface area contributed by atoms with Crippen molar-refractivity contribution in [2.45, 2.75) is 56.9 Å². The Morgan fingerprint density at radius 1 is 1.17 bits per heavy atom. The first-order valence-corrected chi connectivity index (χ1v) is 13.8. The molecule has 0 saturated carbocycles. The molecule has 4 rings (SSSR count). The van der Waals surface area contributed by atoms with Gasteiger partial charge in [-0.3, -0.25) is 4.79 Å². The second-order valence-electron chi connectivity index (χ2n) is 9.19. The largest absolute Gasteiger partial charge is 0.493 e. The molecule has 1 unspecified atom stereocenters. The van der Waals surface area contributed by atoms with E-state index in [0.29, 0.717) is 49.1 Å². The summed E-state index contributed by atoms with van der Waals surface area (Å²) in [4.78, 5) is 23.9. The van der Waals surface area contributed by atoms with Gasteiger partial charge in [0.05, 0.1) is 22.8 Å². The molecule has 3 aliphatic heterocycles. The van der Waals surface area contributed by atoms with Crippen LogP contribution in [0.5, 0.6) is 5.75 Å². The molecule has 1 N–H and O–H groups in total. The first-order chi connectivity index (χ1) is 16.8. The van der Waals surface area contributed by atoms with Crippen LogP contribution in [0.25, 0.3) is 0 Å². The molecule has 1 aromatic carbocycles. The average molecular weight is 503 g/mol. The fraction of sp³-hybridized carbons (Fsp3) is 0.560. The van der Waals surface area contributed by atoms with Gasteiger partial charge in [-0.25, -0.2) is 13.4 Å². The van der Waals surface area contributed by atoms with Crippen molar-refractivity contribution in [3.63, 3.8) is 0 Å². The van der Waals surface area contributed by atoms with Crippen molar-refractivity contribution < 1.29 is 23.1 Å². The smallest absolute Gasteiger partial charge is 0.276 e. The molecular formula is C25H34N4O5S. The number of fused-ring (bicyclic) bond motifs is 1. The van der Waals surface area contributed by atoms with E-state index in [1.165, 1.54) is 16.4 Å². The molecule has 1 saturated heterocycles. The molecule has 9 nitrogen and oxygen atoms in total. The number of benzene rings is 1. The third-order valence-electron chi connectivity index (χ3n) is 6.79. The van der Waals surface area contributed by atoms with E-state index in [4.69, 9.17) is 9.73 Å². The van der Waals surface area contributed by atoms with Gasteiger partial charge in [-0.05, 0) is 62.3 Å². The quantitative estimate of drug-likeness (QED) is 0.556. The van der Waals surface area contributed by atoms with Gasteiger partial charge in [0.1, 0.15) is 5.75 Å². The van der Waals surface area contributed by atoms with Crippen LogP contribution in [0, 0.1) is 5.92 Å². The van der Waals surface area contributed by atoms with Crippen molar-refractivity contribution in [3.05, 3.63) is 35.5 Å². The van der Waals surface area contributed by atoms with Crippen LogP contribution in [0.2, 0.25) is 0 Å². The topological polar surface area (TPSA) is 112 Å². The number of aliphatic hydroxyl groups is 1. The lowest BCUT2D eigenvalue weighted by Gasteiger charge is -2.31. The molecular weight excluding hydrogens is 468 g/mol. The van der Waals surface area contributed by atoms with Crippen LogP contribution in [0.4, 0.5) is 0 Å². The number of amides is 1. The summed E-state index contributed by atoms with van der Waals surface area (Å²) >= 11 is 0. The number of carbonyl (C=O) groups is 1. The SMILES string of the molecule is CCCC1=CN(C)C2C(=O)N=C(c3cc(S(=O)(=O)N4CCC(CCO)CC4)ccc3OCC)N=C12. The lowest BCUT2D eigenvalue weighted by molar-refractivity contribution is -0.119. The van der Waals surface area contributed by atoms with Gasteiger partial charge in [0.2, 0.25) is 10.0 Å². The number of carbonyl (C=O) groups excluding carboxylic acids is 1. The van der Waals surface area contributed by atoms with Gasteiger partial charge in [-0.15, -0.1) is 0 Å². The van der Waals surface area contributed by atoms with Crippen LogP contribution < -0.4 is 4.74 Å². The predicted octanol–water partition coefficient (Wildman–Crippen LogP) is 2.59. The second kappa shape index (κ2) is 10.6. The fourth-order valence-corrected chi connectivity index (χ4v) is 6.46. The minimum atomic E-state index is -3.75. The first-order valence-electron chi connectivity index (χ1n) is 12.3. The number of piperidine rings is 1. The maximum absolute atomic E-state index is 13.5. The summed E-state index contributed by atoms with van der Waals surface area (Å²) in [5, 5.41) is 9.19. The Balaban J connectivity index is 1.69. The highest BCUT2D eigenvalue weighted by Crippen LogP contribution is 2.32. The number of likely N-dealkylation sites (N-methyl/N-ethyl adjacent to an activating group) is 1. The zero-order chi connectivity index (χ0) is 25.2.